The fourth-order valence-electron chi connectivity index (χ4n) is 1.64. The SMILES string of the molecule is Nc1nc2nc[nH]c2c(=O)n1-c1cccnc1. The van der Waals surface area contributed by atoms with Gasteiger partial charge in [-0.05, 0) is 12.1 Å². The van der Waals surface area contributed by atoms with Crippen molar-refractivity contribution < 1.29 is 0 Å². The normalized spacial score (nSPS) is 10.8. The Balaban J connectivity index is 2.40. The van der Waals surface area contributed by atoms with Crippen molar-refractivity contribution in [3.63, 3.8) is 0 Å². The Morgan fingerprint density at radius 3 is 3.06 bits per heavy atom. The minimum atomic E-state index is -0.294. The summed E-state index contributed by atoms with van der Waals surface area (Å²) in [6.07, 6.45) is 4.57. The molecule has 0 amide bonds. The molecule has 0 fully saturated rings. The van der Waals surface area contributed by atoms with E-state index in [1.165, 1.54) is 10.9 Å². The third-order valence-electron chi connectivity index (χ3n) is 2.39. The number of imidazole rings is 1. The molecule has 0 spiro atoms. The van der Waals surface area contributed by atoms with Crippen molar-refractivity contribution >= 4 is 17.1 Å². The average molecular weight is 228 g/mol. The number of nitrogen functional groups attached to an aromatic ring is 1. The van der Waals surface area contributed by atoms with Crippen LogP contribution >= 0.6 is 0 Å². The quantitative estimate of drug-likeness (QED) is 0.614. The van der Waals surface area contributed by atoms with Gasteiger partial charge in [0, 0.05) is 6.20 Å². The van der Waals surface area contributed by atoms with E-state index in [4.69, 9.17) is 5.73 Å². The van der Waals surface area contributed by atoms with Crippen LogP contribution in [0.5, 0.6) is 0 Å². The molecule has 0 saturated carbocycles. The molecule has 0 aliphatic carbocycles. The van der Waals surface area contributed by atoms with Crippen molar-refractivity contribution in [2.45, 2.75) is 0 Å². The fourth-order valence-corrected chi connectivity index (χ4v) is 1.64. The summed E-state index contributed by atoms with van der Waals surface area (Å²) < 4.78 is 1.29. The first-order chi connectivity index (χ1) is 8.27. The van der Waals surface area contributed by atoms with E-state index in [0.29, 0.717) is 16.9 Å². The van der Waals surface area contributed by atoms with Crippen LogP contribution in [0, 0.1) is 0 Å². The van der Waals surface area contributed by atoms with Crippen molar-refractivity contribution in [2.24, 2.45) is 0 Å². The lowest BCUT2D eigenvalue weighted by Gasteiger charge is -2.07. The lowest BCUT2D eigenvalue weighted by molar-refractivity contribution is 0.966. The lowest BCUT2D eigenvalue weighted by Crippen LogP contribution is -2.23. The van der Waals surface area contributed by atoms with Crippen LogP contribution in [0.15, 0.2) is 35.6 Å². The summed E-state index contributed by atoms with van der Waals surface area (Å²) in [4.78, 5) is 26.8. The zero-order valence-electron chi connectivity index (χ0n) is 8.66. The number of hydrogen-bond donors (Lipinski definition) is 2. The van der Waals surface area contributed by atoms with Crippen LogP contribution in [-0.2, 0) is 0 Å². The number of fused-ring (bicyclic) bond motifs is 1. The summed E-state index contributed by atoms with van der Waals surface area (Å²) in [7, 11) is 0. The second-order valence-corrected chi connectivity index (χ2v) is 3.42. The fraction of sp³-hybridized carbons (Fsp3) is 0. The van der Waals surface area contributed by atoms with Crippen molar-refractivity contribution in [3.05, 3.63) is 41.2 Å². The first-order valence-corrected chi connectivity index (χ1v) is 4.89. The molecular formula is C10H8N6O. The van der Waals surface area contributed by atoms with Crippen LogP contribution < -0.4 is 11.3 Å². The number of pyridine rings is 1. The van der Waals surface area contributed by atoms with Gasteiger partial charge in [-0.25, -0.2) is 9.55 Å². The first-order valence-electron chi connectivity index (χ1n) is 4.89. The van der Waals surface area contributed by atoms with Crippen molar-refractivity contribution in [1.82, 2.24) is 24.5 Å². The number of aromatic amines is 1. The van der Waals surface area contributed by atoms with E-state index in [0.717, 1.165) is 0 Å². The average Bonchev–Trinajstić information content (AvgIpc) is 2.78. The summed E-state index contributed by atoms with van der Waals surface area (Å²) in [6.45, 7) is 0. The van der Waals surface area contributed by atoms with Crippen molar-refractivity contribution in [1.29, 1.82) is 0 Å². The van der Waals surface area contributed by atoms with Gasteiger partial charge in [0.25, 0.3) is 5.56 Å². The van der Waals surface area contributed by atoms with Gasteiger partial charge in [0.1, 0.15) is 0 Å². The summed E-state index contributed by atoms with van der Waals surface area (Å²) in [5.74, 6) is 0.0857. The molecule has 3 aromatic heterocycles. The Labute approximate surface area is 95.0 Å². The van der Waals surface area contributed by atoms with Gasteiger partial charge in [0.2, 0.25) is 5.95 Å². The molecule has 3 N–H and O–H groups in total. The van der Waals surface area contributed by atoms with Crippen molar-refractivity contribution in [2.75, 3.05) is 5.73 Å². The zero-order valence-corrected chi connectivity index (χ0v) is 8.66. The molecular weight excluding hydrogens is 220 g/mol. The number of nitrogens with zero attached hydrogens (tertiary/aromatic N) is 4. The molecule has 0 unspecified atom stereocenters. The van der Waals surface area contributed by atoms with Crippen LogP contribution in [0.3, 0.4) is 0 Å². The number of nitrogens with two attached hydrogens (primary N) is 1. The molecule has 0 bridgehead atoms. The van der Waals surface area contributed by atoms with E-state index < -0.39 is 0 Å². The van der Waals surface area contributed by atoms with Crippen molar-refractivity contribution in [3.8, 4) is 5.69 Å². The molecule has 3 aromatic rings. The van der Waals surface area contributed by atoms with Gasteiger partial charge in [-0.3, -0.25) is 9.78 Å². The number of H-pyrrole nitrogens is 1. The van der Waals surface area contributed by atoms with E-state index in [9.17, 15) is 4.79 Å². The largest absolute Gasteiger partial charge is 0.369 e. The minimum Gasteiger partial charge on any atom is -0.369 e. The van der Waals surface area contributed by atoms with Gasteiger partial charge in [-0.1, -0.05) is 0 Å². The highest BCUT2D eigenvalue weighted by atomic mass is 16.1. The lowest BCUT2D eigenvalue weighted by atomic mass is 10.4. The molecule has 0 atom stereocenters. The maximum Gasteiger partial charge on any atom is 0.285 e. The number of hydrogen-bond acceptors (Lipinski definition) is 5. The molecule has 0 saturated heterocycles. The third-order valence-corrected chi connectivity index (χ3v) is 2.39. The Kier molecular flexibility index (Phi) is 1.91. The summed E-state index contributed by atoms with van der Waals surface area (Å²) >= 11 is 0. The molecule has 7 nitrogen and oxygen atoms in total. The molecule has 17 heavy (non-hydrogen) atoms. The highest BCUT2D eigenvalue weighted by molar-refractivity contribution is 5.70. The molecule has 0 aliphatic rings. The smallest absolute Gasteiger partial charge is 0.285 e. The topological polar surface area (TPSA) is 102 Å². The zero-order chi connectivity index (χ0) is 11.8. The van der Waals surface area contributed by atoms with E-state index in [-0.39, 0.29) is 11.5 Å². The molecule has 84 valence electrons. The summed E-state index contributed by atoms with van der Waals surface area (Å²) in [5.41, 5.74) is 6.66. The molecule has 3 rings (SSSR count). The summed E-state index contributed by atoms with van der Waals surface area (Å²) in [6, 6.07) is 3.45. The van der Waals surface area contributed by atoms with Crippen LogP contribution in [0.25, 0.3) is 16.9 Å². The van der Waals surface area contributed by atoms with Gasteiger partial charge in [-0.15, -0.1) is 0 Å². The van der Waals surface area contributed by atoms with E-state index in [1.54, 1.807) is 24.5 Å². The van der Waals surface area contributed by atoms with Crippen LogP contribution in [-0.4, -0.2) is 24.5 Å². The number of aromatic nitrogens is 5. The maximum atomic E-state index is 12.2. The van der Waals surface area contributed by atoms with Crippen LogP contribution in [0.4, 0.5) is 5.95 Å². The Morgan fingerprint density at radius 2 is 2.29 bits per heavy atom. The second-order valence-electron chi connectivity index (χ2n) is 3.42. The third kappa shape index (κ3) is 1.36. The van der Waals surface area contributed by atoms with Gasteiger partial charge in [0.05, 0.1) is 18.2 Å². The molecule has 3 heterocycles. The number of rotatable bonds is 1. The molecule has 0 aromatic carbocycles. The van der Waals surface area contributed by atoms with E-state index in [1.807, 2.05) is 0 Å². The predicted octanol–water partition coefficient (Wildman–Crippen LogP) is 0.0860. The molecule has 0 radical (unpaired) electrons. The maximum absolute atomic E-state index is 12.2. The highest BCUT2D eigenvalue weighted by Gasteiger charge is 2.11. The van der Waals surface area contributed by atoms with E-state index >= 15 is 0 Å². The van der Waals surface area contributed by atoms with Crippen LogP contribution in [0.1, 0.15) is 0 Å². The molecule has 7 heteroatoms. The standard InChI is InChI=1S/C10H8N6O/c11-10-15-8-7(13-5-14-8)9(17)16(10)6-2-1-3-12-4-6/h1-5H,(H2,11,15)(H,13,14). The second kappa shape index (κ2) is 3.41. The van der Waals surface area contributed by atoms with Gasteiger partial charge in [0.15, 0.2) is 11.2 Å². The van der Waals surface area contributed by atoms with E-state index in [2.05, 4.69) is 19.9 Å². The Morgan fingerprint density at radius 1 is 1.41 bits per heavy atom. The van der Waals surface area contributed by atoms with Crippen LogP contribution in [0.2, 0.25) is 0 Å². The summed E-state index contributed by atoms with van der Waals surface area (Å²) in [5, 5.41) is 0. The van der Waals surface area contributed by atoms with Gasteiger partial charge >= 0.3 is 0 Å². The number of anilines is 1. The van der Waals surface area contributed by atoms with Gasteiger partial charge in [-0.2, -0.15) is 4.98 Å². The molecule has 0 aliphatic heterocycles. The number of nitrogens with one attached hydrogen (secondary N) is 1. The Bertz CT molecular complexity index is 729. The minimum absolute atomic E-state index is 0.0857. The predicted molar refractivity (Wildman–Crippen MR) is 61.7 cm³/mol. The Hall–Kier alpha value is -2.70. The first kappa shape index (κ1) is 9.52. The van der Waals surface area contributed by atoms with Gasteiger partial charge < -0.3 is 10.7 Å². The monoisotopic (exact) mass is 228 g/mol. The highest BCUT2D eigenvalue weighted by Crippen LogP contribution is 2.10.